The van der Waals surface area contributed by atoms with Crippen LogP contribution in [0.2, 0.25) is 0 Å². The number of likely N-dealkylation sites (N-methyl/N-ethyl adjacent to an activating group) is 1. The molecule has 0 amide bonds. The first-order valence-corrected chi connectivity index (χ1v) is 13.3. The van der Waals surface area contributed by atoms with Crippen molar-refractivity contribution < 1.29 is 13.6 Å². The molecule has 0 spiro atoms. The van der Waals surface area contributed by atoms with Crippen molar-refractivity contribution in [3.63, 3.8) is 0 Å². The summed E-state index contributed by atoms with van der Waals surface area (Å²) in [4.78, 5) is 14.2. The monoisotopic (exact) mass is 494 g/mol. The molecule has 0 atom stereocenters. The Hall–Kier alpha value is -1.81. The van der Waals surface area contributed by atoms with Gasteiger partial charge in [-0.2, -0.15) is 16.9 Å². The molecule has 2 aliphatic rings. The molecule has 2 aliphatic carbocycles. The highest BCUT2D eigenvalue weighted by atomic mass is 32.2. The highest BCUT2D eigenvalue weighted by molar-refractivity contribution is 8.00. The summed E-state index contributed by atoms with van der Waals surface area (Å²) < 4.78 is 30.7. The summed E-state index contributed by atoms with van der Waals surface area (Å²) in [7, 11) is 3.92. The zero-order valence-corrected chi connectivity index (χ0v) is 21.3. The number of hydrogen-bond acceptors (Lipinski definition) is 6. The Balaban J connectivity index is 1.42. The van der Waals surface area contributed by atoms with Crippen LogP contribution in [0.1, 0.15) is 67.9 Å². The number of nitrogens with zero attached hydrogens (tertiary/aromatic N) is 6. The van der Waals surface area contributed by atoms with E-state index in [1.54, 1.807) is 16.4 Å². The Morgan fingerprint density at radius 3 is 2.65 bits per heavy atom. The van der Waals surface area contributed by atoms with Crippen LogP contribution >= 0.6 is 11.8 Å². The molecular formula is C24H36F2N6OS. The Morgan fingerprint density at radius 2 is 2.00 bits per heavy atom. The van der Waals surface area contributed by atoms with Crippen LogP contribution in [0.4, 0.5) is 8.78 Å². The third-order valence-corrected chi connectivity index (χ3v) is 8.85. The summed E-state index contributed by atoms with van der Waals surface area (Å²) in [5, 5.41) is 13.1. The Labute approximate surface area is 204 Å². The van der Waals surface area contributed by atoms with Crippen LogP contribution in [-0.2, 0) is 20.0 Å². The number of aldehydes is 1. The zero-order chi connectivity index (χ0) is 24.3. The van der Waals surface area contributed by atoms with E-state index in [2.05, 4.69) is 46.0 Å². The lowest BCUT2D eigenvalue weighted by Crippen LogP contribution is -2.30. The maximum atomic E-state index is 13.5. The summed E-state index contributed by atoms with van der Waals surface area (Å²) in [5.74, 6) is -1.15. The van der Waals surface area contributed by atoms with Crippen molar-refractivity contribution in [3.05, 3.63) is 17.5 Å². The lowest BCUT2D eigenvalue weighted by molar-refractivity contribution is -0.0476. The van der Waals surface area contributed by atoms with Crippen LogP contribution in [-0.4, -0.2) is 72.5 Å². The number of carbonyl (C=O) groups excluding carboxylic acids is 1. The van der Waals surface area contributed by atoms with Gasteiger partial charge in [-0.15, -0.1) is 5.10 Å². The van der Waals surface area contributed by atoms with E-state index >= 15 is 0 Å². The second-order valence-electron chi connectivity index (χ2n) is 10.1. The molecule has 7 nitrogen and oxygen atoms in total. The highest BCUT2D eigenvalue weighted by Crippen LogP contribution is 2.49. The van der Waals surface area contributed by atoms with E-state index in [1.165, 1.54) is 25.0 Å². The van der Waals surface area contributed by atoms with E-state index in [1.807, 2.05) is 6.20 Å². The molecule has 0 bridgehead atoms. The molecule has 2 heterocycles. The maximum Gasteiger partial charge on any atom is 0.248 e. The van der Waals surface area contributed by atoms with Gasteiger partial charge in [0.25, 0.3) is 0 Å². The van der Waals surface area contributed by atoms with Gasteiger partial charge in [-0.25, -0.2) is 8.78 Å². The Morgan fingerprint density at radius 1 is 1.26 bits per heavy atom. The fourth-order valence-corrected chi connectivity index (χ4v) is 6.24. The van der Waals surface area contributed by atoms with Gasteiger partial charge in [-0.3, -0.25) is 14.2 Å². The molecule has 2 aromatic rings. The van der Waals surface area contributed by atoms with Crippen molar-refractivity contribution in [2.24, 2.45) is 13.0 Å². The van der Waals surface area contributed by atoms with E-state index in [9.17, 15) is 13.6 Å². The van der Waals surface area contributed by atoms with E-state index < -0.39 is 5.92 Å². The minimum absolute atomic E-state index is 0.0575. The number of aryl methyl sites for hydroxylation is 1. The van der Waals surface area contributed by atoms with Crippen LogP contribution in [0.15, 0.2) is 6.20 Å². The second-order valence-corrected chi connectivity index (χ2v) is 11.7. The predicted octanol–water partition coefficient (Wildman–Crippen LogP) is 4.47. The van der Waals surface area contributed by atoms with Crippen molar-refractivity contribution in [1.29, 1.82) is 0 Å². The Kier molecular flexibility index (Phi) is 7.76. The average Bonchev–Trinajstić information content (AvgIpc) is 3.26. The van der Waals surface area contributed by atoms with Gasteiger partial charge in [0.1, 0.15) is 17.1 Å². The highest BCUT2D eigenvalue weighted by Gasteiger charge is 2.43. The molecule has 2 saturated carbocycles. The van der Waals surface area contributed by atoms with Gasteiger partial charge < -0.3 is 4.90 Å². The number of thioether (sulfide) groups is 1. The third kappa shape index (κ3) is 6.05. The molecular weight excluding hydrogens is 458 g/mol. The van der Waals surface area contributed by atoms with Crippen molar-refractivity contribution in [2.45, 2.75) is 75.5 Å². The van der Waals surface area contributed by atoms with Gasteiger partial charge in [0.15, 0.2) is 6.29 Å². The van der Waals surface area contributed by atoms with E-state index in [0.717, 1.165) is 24.9 Å². The zero-order valence-electron chi connectivity index (χ0n) is 20.5. The van der Waals surface area contributed by atoms with Gasteiger partial charge in [0, 0.05) is 49.8 Å². The normalized spacial score (nSPS) is 19.6. The van der Waals surface area contributed by atoms with E-state index in [4.69, 9.17) is 0 Å². The summed E-state index contributed by atoms with van der Waals surface area (Å²) >= 11 is 2.09. The first kappa shape index (κ1) is 25.3. The summed E-state index contributed by atoms with van der Waals surface area (Å²) in [6.45, 7) is 4.69. The molecule has 0 radical (unpaired) electrons. The number of alkyl halides is 2. The number of halogens is 2. The molecule has 4 rings (SSSR count). The van der Waals surface area contributed by atoms with Crippen molar-refractivity contribution in [3.8, 4) is 11.4 Å². The lowest BCUT2D eigenvalue weighted by Gasteiger charge is -2.27. The van der Waals surface area contributed by atoms with Gasteiger partial charge in [0.05, 0.1) is 6.20 Å². The first-order chi connectivity index (χ1) is 16.2. The molecule has 2 fully saturated rings. The van der Waals surface area contributed by atoms with E-state index in [-0.39, 0.29) is 18.8 Å². The van der Waals surface area contributed by atoms with Crippen LogP contribution < -0.4 is 0 Å². The summed E-state index contributed by atoms with van der Waals surface area (Å²) in [5.41, 5.74) is 2.76. The van der Waals surface area contributed by atoms with Crippen LogP contribution in [0.5, 0.6) is 0 Å². The van der Waals surface area contributed by atoms with Crippen LogP contribution in [0.25, 0.3) is 11.4 Å². The van der Waals surface area contributed by atoms with Crippen molar-refractivity contribution in [1.82, 2.24) is 29.7 Å². The quantitative estimate of drug-likeness (QED) is 0.406. The fraction of sp³-hybridized carbons (Fsp3) is 0.750. The minimum atomic E-state index is -2.53. The predicted molar refractivity (Wildman–Crippen MR) is 130 cm³/mol. The molecule has 0 N–H and O–H groups in total. The number of aromatic nitrogens is 5. The number of hydrogen-bond donors (Lipinski definition) is 0. The third-order valence-electron chi connectivity index (χ3n) is 7.09. The fourth-order valence-electron chi connectivity index (χ4n) is 4.90. The number of rotatable bonds is 12. The molecule has 0 saturated heterocycles. The largest absolute Gasteiger partial charge is 0.305 e. The standard InChI is InChI=1S/C24H36F2N6OS/c1-4-13-34-23(10-11-23)17-30(2)12-7-19-21(16-33)31(3)28-22(19)20-15-32(29-27-20)14-18-5-8-24(25,26)9-6-18/h15-16,18H,4-14,17H2,1-3H3. The average molecular weight is 495 g/mol. The molecule has 34 heavy (non-hydrogen) atoms. The van der Waals surface area contributed by atoms with Crippen molar-refractivity contribution in [2.75, 3.05) is 25.9 Å². The van der Waals surface area contributed by atoms with Gasteiger partial charge in [0.2, 0.25) is 5.92 Å². The SMILES string of the molecule is CCCSC1(CN(C)CCc2c(-c3cn(CC4CCC(F)(F)CC4)nn3)nn(C)c2C=O)CC1. The first-order valence-electron chi connectivity index (χ1n) is 12.4. The lowest BCUT2D eigenvalue weighted by atomic mass is 9.87. The maximum absolute atomic E-state index is 13.5. The molecule has 188 valence electrons. The summed E-state index contributed by atoms with van der Waals surface area (Å²) in [6, 6.07) is 0. The van der Waals surface area contributed by atoms with E-state index in [0.29, 0.717) is 47.6 Å². The smallest absolute Gasteiger partial charge is 0.248 e. The molecule has 0 aliphatic heterocycles. The summed E-state index contributed by atoms with van der Waals surface area (Å²) in [6.07, 6.45) is 8.03. The minimum Gasteiger partial charge on any atom is -0.305 e. The van der Waals surface area contributed by atoms with Gasteiger partial charge >= 0.3 is 0 Å². The molecule has 0 unspecified atom stereocenters. The molecule has 0 aromatic carbocycles. The van der Waals surface area contributed by atoms with Crippen LogP contribution in [0.3, 0.4) is 0 Å². The molecule has 10 heteroatoms. The van der Waals surface area contributed by atoms with Gasteiger partial charge in [-0.05, 0) is 57.2 Å². The molecule has 2 aromatic heterocycles. The van der Waals surface area contributed by atoms with Crippen LogP contribution in [0, 0.1) is 5.92 Å². The number of carbonyl (C=O) groups is 1. The second kappa shape index (κ2) is 10.4. The Bertz CT molecular complexity index is 976. The van der Waals surface area contributed by atoms with Gasteiger partial charge in [-0.1, -0.05) is 12.1 Å². The van der Waals surface area contributed by atoms with Crippen molar-refractivity contribution >= 4 is 18.0 Å². The topological polar surface area (TPSA) is 68.8 Å².